The lowest BCUT2D eigenvalue weighted by Gasteiger charge is -2.28. The fraction of sp³-hybridized carbons (Fsp3) is 0.333. The summed E-state index contributed by atoms with van der Waals surface area (Å²) in [7, 11) is 0. The van der Waals surface area contributed by atoms with Crippen molar-refractivity contribution in [3.05, 3.63) is 64.2 Å². The van der Waals surface area contributed by atoms with Gasteiger partial charge in [-0.3, -0.25) is 9.59 Å². The van der Waals surface area contributed by atoms with Gasteiger partial charge < -0.3 is 9.80 Å². The Hall–Kier alpha value is -2.33. The minimum absolute atomic E-state index is 0.0281. The van der Waals surface area contributed by atoms with Gasteiger partial charge in [-0.15, -0.1) is 0 Å². The number of anilines is 1. The number of rotatable bonds is 6. The second-order valence-corrected chi connectivity index (χ2v) is 6.82. The third-order valence-electron chi connectivity index (χ3n) is 4.29. The summed E-state index contributed by atoms with van der Waals surface area (Å²) < 4.78 is 0. The van der Waals surface area contributed by atoms with Crippen LogP contribution in [0.1, 0.15) is 30.5 Å². The first-order valence-electron chi connectivity index (χ1n) is 8.70. The minimum atomic E-state index is -0.206. The van der Waals surface area contributed by atoms with Crippen LogP contribution in [0.3, 0.4) is 0 Å². The summed E-state index contributed by atoms with van der Waals surface area (Å²) in [6.07, 6.45) is 0. The van der Waals surface area contributed by atoms with Crippen LogP contribution in [-0.2, 0) is 16.1 Å². The van der Waals surface area contributed by atoms with Crippen molar-refractivity contribution in [3.63, 3.8) is 0 Å². The number of benzene rings is 2. The molecule has 0 aliphatic carbocycles. The maximum absolute atomic E-state index is 12.8. The molecule has 0 spiro atoms. The van der Waals surface area contributed by atoms with Crippen LogP contribution in [0, 0.1) is 13.8 Å². The molecule has 2 rings (SSSR count). The van der Waals surface area contributed by atoms with Gasteiger partial charge in [0.1, 0.15) is 6.54 Å². The van der Waals surface area contributed by atoms with Gasteiger partial charge >= 0.3 is 0 Å². The van der Waals surface area contributed by atoms with E-state index < -0.39 is 0 Å². The summed E-state index contributed by atoms with van der Waals surface area (Å²) in [5, 5.41) is 0.483. The monoisotopic (exact) mass is 372 g/mol. The van der Waals surface area contributed by atoms with Crippen LogP contribution in [0.5, 0.6) is 0 Å². The summed E-state index contributed by atoms with van der Waals surface area (Å²) in [5.74, 6) is -0.314. The molecule has 0 N–H and O–H groups in total. The highest BCUT2D eigenvalue weighted by molar-refractivity contribution is 6.34. The molecule has 0 heterocycles. The summed E-state index contributed by atoms with van der Waals surface area (Å²) >= 11 is 6.38. The van der Waals surface area contributed by atoms with Crippen LogP contribution in [0.25, 0.3) is 0 Å². The molecule has 0 aliphatic heterocycles. The molecule has 0 atom stereocenters. The van der Waals surface area contributed by atoms with E-state index >= 15 is 0 Å². The molecule has 0 bridgehead atoms. The average Bonchev–Trinajstić information content (AvgIpc) is 2.58. The number of nitrogens with zero attached hydrogens (tertiary/aromatic N) is 2. The lowest BCUT2D eigenvalue weighted by atomic mass is 10.1. The number of carbonyl (C=O) groups excluding carboxylic acids is 2. The summed E-state index contributed by atoms with van der Waals surface area (Å²) in [6.45, 7) is 8.29. The molecule has 0 aromatic heterocycles. The Labute approximate surface area is 160 Å². The van der Waals surface area contributed by atoms with Gasteiger partial charge in [0.05, 0.1) is 10.7 Å². The highest BCUT2D eigenvalue weighted by Crippen LogP contribution is 2.31. The second kappa shape index (κ2) is 8.86. The van der Waals surface area contributed by atoms with Gasteiger partial charge in [0.15, 0.2) is 0 Å². The zero-order valence-electron chi connectivity index (χ0n) is 15.8. The summed E-state index contributed by atoms with van der Waals surface area (Å²) in [4.78, 5) is 28.3. The van der Waals surface area contributed by atoms with Crippen molar-refractivity contribution < 1.29 is 9.59 Å². The molecule has 2 aromatic rings. The third-order valence-corrected chi connectivity index (χ3v) is 4.58. The first kappa shape index (κ1) is 20.0. The first-order chi connectivity index (χ1) is 12.3. The van der Waals surface area contributed by atoms with Crippen LogP contribution >= 0.6 is 11.6 Å². The molecule has 2 amide bonds. The Morgan fingerprint density at radius 1 is 1.08 bits per heavy atom. The maximum Gasteiger partial charge on any atom is 0.242 e. The summed E-state index contributed by atoms with van der Waals surface area (Å²) in [5.41, 5.74) is 3.56. The van der Waals surface area contributed by atoms with Gasteiger partial charge in [-0.05, 0) is 43.5 Å². The molecule has 0 saturated carbocycles. The number of hydrogen-bond donors (Lipinski definition) is 0. The van der Waals surface area contributed by atoms with Crippen LogP contribution in [0.2, 0.25) is 5.02 Å². The molecule has 5 heteroatoms. The van der Waals surface area contributed by atoms with Gasteiger partial charge in [-0.1, -0.05) is 48.0 Å². The topological polar surface area (TPSA) is 40.6 Å². The molecule has 0 saturated heterocycles. The van der Waals surface area contributed by atoms with Crippen LogP contribution in [0.4, 0.5) is 5.69 Å². The first-order valence-corrected chi connectivity index (χ1v) is 9.07. The lowest BCUT2D eigenvalue weighted by Crippen LogP contribution is -2.42. The van der Waals surface area contributed by atoms with E-state index in [2.05, 4.69) is 0 Å². The molecule has 2 aromatic carbocycles. The molecule has 0 unspecified atom stereocenters. The van der Waals surface area contributed by atoms with Gasteiger partial charge in [-0.25, -0.2) is 0 Å². The molecule has 0 radical (unpaired) electrons. The van der Waals surface area contributed by atoms with Gasteiger partial charge in [0.2, 0.25) is 11.8 Å². The Kier molecular flexibility index (Phi) is 6.81. The van der Waals surface area contributed by atoms with Crippen molar-refractivity contribution in [3.8, 4) is 0 Å². The fourth-order valence-corrected chi connectivity index (χ4v) is 3.44. The van der Waals surface area contributed by atoms with Crippen LogP contribution in [-0.4, -0.2) is 29.8 Å². The Balaban J connectivity index is 2.24. The molecule has 138 valence electrons. The fourth-order valence-electron chi connectivity index (χ4n) is 3.01. The molecule has 4 nitrogen and oxygen atoms in total. The Morgan fingerprint density at radius 3 is 2.27 bits per heavy atom. The second-order valence-electron chi connectivity index (χ2n) is 6.41. The van der Waals surface area contributed by atoms with E-state index in [4.69, 9.17) is 11.6 Å². The van der Waals surface area contributed by atoms with Gasteiger partial charge in [0, 0.05) is 20.0 Å². The lowest BCUT2D eigenvalue weighted by molar-refractivity contribution is -0.131. The van der Waals surface area contributed by atoms with Crippen molar-refractivity contribution in [1.29, 1.82) is 0 Å². The SMILES string of the molecule is CCN(Cc1ccccc1)C(=O)CN(C(C)=O)c1c(C)cc(C)cc1Cl. The standard InChI is InChI=1S/C21H25ClN2O2/c1-5-23(13-18-9-7-6-8-10-18)20(26)14-24(17(4)25)21-16(3)11-15(2)12-19(21)22/h6-12H,5,13-14H2,1-4H3. The molecular formula is C21H25ClN2O2. The van der Waals surface area contributed by atoms with Crippen molar-refractivity contribution in [2.45, 2.75) is 34.2 Å². The zero-order valence-corrected chi connectivity index (χ0v) is 16.5. The smallest absolute Gasteiger partial charge is 0.242 e. The van der Waals surface area contributed by atoms with Gasteiger partial charge in [-0.2, -0.15) is 0 Å². The zero-order chi connectivity index (χ0) is 19.3. The Bertz CT molecular complexity index is 767. The molecule has 0 aliphatic rings. The highest BCUT2D eigenvalue weighted by atomic mass is 35.5. The van der Waals surface area contributed by atoms with Gasteiger partial charge in [0.25, 0.3) is 0 Å². The number of amides is 2. The maximum atomic E-state index is 12.8. The van der Waals surface area contributed by atoms with E-state index in [1.165, 1.54) is 11.8 Å². The van der Waals surface area contributed by atoms with Crippen molar-refractivity contribution in [1.82, 2.24) is 4.90 Å². The van der Waals surface area contributed by atoms with E-state index in [1.54, 1.807) is 4.90 Å². The largest absolute Gasteiger partial charge is 0.337 e. The molecule has 0 fully saturated rings. The predicted molar refractivity (Wildman–Crippen MR) is 106 cm³/mol. The number of aryl methyl sites for hydroxylation is 2. The number of carbonyl (C=O) groups is 2. The van der Waals surface area contributed by atoms with E-state index in [9.17, 15) is 9.59 Å². The number of halogens is 1. The van der Waals surface area contributed by atoms with Crippen LogP contribution < -0.4 is 4.90 Å². The number of hydrogen-bond acceptors (Lipinski definition) is 2. The quantitative estimate of drug-likeness (QED) is 0.755. The van der Waals surface area contributed by atoms with E-state index in [1.807, 2.05) is 63.2 Å². The van der Waals surface area contributed by atoms with E-state index in [-0.39, 0.29) is 18.4 Å². The number of likely N-dealkylation sites (N-methyl/N-ethyl adjacent to an activating group) is 1. The summed E-state index contributed by atoms with van der Waals surface area (Å²) in [6, 6.07) is 13.6. The molecule has 26 heavy (non-hydrogen) atoms. The van der Waals surface area contributed by atoms with E-state index in [0.29, 0.717) is 23.8 Å². The molecular weight excluding hydrogens is 348 g/mol. The highest BCUT2D eigenvalue weighted by Gasteiger charge is 2.23. The minimum Gasteiger partial charge on any atom is -0.337 e. The average molecular weight is 373 g/mol. The van der Waals surface area contributed by atoms with E-state index in [0.717, 1.165) is 16.7 Å². The predicted octanol–water partition coefficient (Wildman–Crippen LogP) is 4.36. The van der Waals surface area contributed by atoms with Crippen molar-refractivity contribution in [2.24, 2.45) is 0 Å². The third kappa shape index (κ3) is 4.85. The Morgan fingerprint density at radius 2 is 1.73 bits per heavy atom. The normalized spacial score (nSPS) is 10.5. The van der Waals surface area contributed by atoms with Crippen molar-refractivity contribution >= 4 is 29.1 Å². The van der Waals surface area contributed by atoms with Crippen LogP contribution in [0.15, 0.2) is 42.5 Å². The van der Waals surface area contributed by atoms with Crippen molar-refractivity contribution in [2.75, 3.05) is 18.0 Å².